The maximum Gasteiger partial charge on any atom is 0.111 e. The monoisotopic (exact) mass is 284 g/mol. The van der Waals surface area contributed by atoms with Crippen LogP contribution in [-0.2, 0) is 0 Å². The molecule has 4 heteroatoms. The first-order chi connectivity index (χ1) is 10.3. The normalized spacial score (nSPS) is 25.9. The number of imidazole rings is 1. The van der Waals surface area contributed by atoms with E-state index in [0.29, 0.717) is 5.92 Å². The molecule has 1 atom stereocenters. The van der Waals surface area contributed by atoms with Crippen molar-refractivity contribution in [3.8, 4) is 0 Å². The summed E-state index contributed by atoms with van der Waals surface area (Å²) in [5.41, 5.74) is 2.27. The maximum absolute atomic E-state index is 4.80. The van der Waals surface area contributed by atoms with Gasteiger partial charge in [-0.05, 0) is 58.1 Å². The predicted molar refractivity (Wildman–Crippen MR) is 85.5 cm³/mol. The van der Waals surface area contributed by atoms with Crippen LogP contribution in [0.15, 0.2) is 24.3 Å². The van der Waals surface area contributed by atoms with Crippen LogP contribution in [0.5, 0.6) is 0 Å². The van der Waals surface area contributed by atoms with Gasteiger partial charge in [-0.1, -0.05) is 12.1 Å². The van der Waals surface area contributed by atoms with E-state index in [-0.39, 0.29) is 0 Å². The number of nitrogens with zero attached hydrogens (tertiary/aromatic N) is 3. The third-order valence-electron chi connectivity index (χ3n) is 5.22. The Morgan fingerprint density at radius 2 is 1.90 bits per heavy atom. The maximum atomic E-state index is 4.80. The first kappa shape index (κ1) is 13.3. The molecule has 2 aromatic rings. The number of aromatic nitrogens is 2. The Morgan fingerprint density at radius 3 is 2.71 bits per heavy atom. The van der Waals surface area contributed by atoms with Gasteiger partial charge in [0.05, 0.1) is 11.0 Å². The lowest BCUT2D eigenvalue weighted by molar-refractivity contribution is 0.142. The number of piperidine rings is 1. The SMILES string of the molecule is CN1CCC(N2CC[C@H](c3nc4ccccc4[nH]3)C2)CC1. The highest BCUT2D eigenvalue weighted by Crippen LogP contribution is 2.30. The second kappa shape index (κ2) is 5.43. The van der Waals surface area contributed by atoms with E-state index >= 15 is 0 Å². The van der Waals surface area contributed by atoms with Crippen LogP contribution in [0.25, 0.3) is 11.0 Å². The van der Waals surface area contributed by atoms with E-state index in [1.54, 1.807) is 0 Å². The molecule has 4 nitrogen and oxygen atoms in total. The van der Waals surface area contributed by atoms with Gasteiger partial charge in [0.2, 0.25) is 0 Å². The molecule has 1 aromatic carbocycles. The zero-order chi connectivity index (χ0) is 14.2. The molecule has 4 rings (SSSR count). The predicted octanol–water partition coefficient (Wildman–Crippen LogP) is 2.45. The molecule has 2 aliphatic heterocycles. The number of likely N-dealkylation sites (tertiary alicyclic amines) is 2. The van der Waals surface area contributed by atoms with Crippen molar-refractivity contribution in [3.63, 3.8) is 0 Å². The summed E-state index contributed by atoms with van der Waals surface area (Å²) in [6, 6.07) is 9.14. The molecule has 0 radical (unpaired) electrons. The second-order valence-electron chi connectivity index (χ2n) is 6.65. The Morgan fingerprint density at radius 1 is 1.10 bits per heavy atom. The van der Waals surface area contributed by atoms with Gasteiger partial charge in [0.25, 0.3) is 0 Å². The molecule has 0 saturated carbocycles. The lowest BCUT2D eigenvalue weighted by Gasteiger charge is -2.35. The van der Waals surface area contributed by atoms with Crippen LogP contribution in [0, 0.1) is 0 Å². The molecular formula is C17H24N4. The molecule has 21 heavy (non-hydrogen) atoms. The van der Waals surface area contributed by atoms with Crippen LogP contribution in [0.3, 0.4) is 0 Å². The van der Waals surface area contributed by atoms with Gasteiger partial charge in [-0.3, -0.25) is 4.90 Å². The number of aromatic amines is 1. The zero-order valence-electron chi connectivity index (χ0n) is 12.8. The van der Waals surface area contributed by atoms with Crippen molar-refractivity contribution >= 4 is 11.0 Å². The minimum atomic E-state index is 0.581. The van der Waals surface area contributed by atoms with Crippen molar-refractivity contribution < 1.29 is 0 Å². The Bertz CT molecular complexity index is 579. The van der Waals surface area contributed by atoms with Gasteiger partial charge in [0.15, 0.2) is 0 Å². The number of fused-ring (bicyclic) bond motifs is 1. The van der Waals surface area contributed by atoms with E-state index < -0.39 is 0 Å². The number of rotatable bonds is 2. The number of benzene rings is 1. The molecule has 1 N–H and O–H groups in total. The van der Waals surface area contributed by atoms with Gasteiger partial charge in [0, 0.05) is 18.5 Å². The van der Waals surface area contributed by atoms with Crippen molar-refractivity contribution in [2.45, 2.75) is 31.2 Å². The lowest BCUT2D eigenvalue weighted by atomic mass is 10.0. The van der Waals surface area contributed by atoms with Crippen LogP contribution in [0.2, 0.25) is 0 Å². The summed E-state index contributed by atoms with van der Waals surface area (Å²) in [5.74, 6) is 1.77. The van der Waals surface area contributed by atoms with Crippen LogP contribution in [0.4, 0.5) is 0 Å². The first-order valence-electron chi connectivity index (χ1n) is 8.17. The number of hydrogen-bond donors (Lipinski definition) is 1. The molecule has 2 fully saturated rings. The van der Waals surface area contributed by atoms with E-state index in [0.717, 1.165) is 11.6 Å². The van der Waals surface area contributed by atoms with E-state index in [2.05, 4.69) is 46.1 Å². The van der Waals surface area contributed by atoms with Gasteiger partial charge in [-0.15, -0.1) is 0 Å². The van der Waals surface area contributed by atoms with Crippen molar-refractivity contribution in [3.05, 3.63) is 30.1 Å². The molecule has 0 unspecified atom stereocenters. The highest BCUT2D eigenvalue weighted by molar-refractivity contribution is 5.74. The smallest absolute Gasteiger partial charge is 0.111 e. The fraction of sp³-hybridized carbons (Fsp3) is 0.588. The molecule has 2 aliphatic rings. The molecule has 1 aromatic heterocycles. The standard InChI is InChI=1S/C17H24N4/c1-20-9-7-14(8-10-20)21-11-6-13(12-21)17-18-15-4-2-3-5-16(15)19-17/h2-5,13-14H,6-12H2,1H3,(H,18,19)/t13-/m0/s1. The molecule has 2 saturated heterocycles. The number of hydrogen-bond acceptors (Lipinski definition) is 3. The van der Waals surface area contributed by atoms with Crippen LogP contribution >= 0.6 is 0 Å². The van der Waals surface area contributed by atoms with Gasteiger partial charge in [-0.25, -0.2) is 4.98 Å². The van der Waals surface area contributed by atoms with Gasteiger partial charge >= 0.3 is 0 Å². The van der Waals surface area contributed by atoms with Crippen molar-refractivity contribution in [2.75, 3.05) is 33.2 Å². The van der Waals surface area contributed by atoms with E-state index in [1.165, 1.54) is 56.8 Å². The summed E-state index contributed by atoms with van der Waals surface area (Å²) in [6.45, 7) is 4.90. The van der Waals surface area contributed by atoms with Crippen LogP contribution in [0.1, 0.15) is 31.0 Å². The lowest BCUT2D eigenvalue weighted by Crippen LogP contribution is -2.42. The molecular weight excluding hydrogens is 260 g/mol. The third kappa shape index (κ3) is 2.58. The number of para-hydroxylation sites is 2. The Kier molecular flexibility index (Phi) is 3.43. The Balaban J connectivity index is 1.46. The fourth-order valence-corrected chi connectivity index (χ4v) is 3.87. The zero-order valence-corrected chi connectivity index (χ0v) is 12.8. The molecule has 0 bridgehead atoms. The average Bonchev–Trinajstić information content (AvgIpc) is 3.14. The molecule has 0 spiro atoms. The second-order valence-corrected chi connectivity index (χ2v) is 6.65. The van der Waals surface area contributed by atoms with Gasteiger partial charge < -0.3 is 9.88 Å². The van der Waals surface area contributed by atoms with E-state index in [9.17, 15) is 0 Å². The third-order valence-corrected chi connectivity index (χ3v) is 5.22. The Hall–Kier alpha value is -1.39. The van der Waals surface area contributed by atoms with E-state index in [4.69, 9.17) is 4.98 Å². The first-order valence-corrected chi connectivity index (χ1v) is 8.17. The highest BCUT2D eigenvalue weighted by Gasteiger charge is 2.31. The van der Waals surface area contributed by atoms with Crippen LogP contribution < -0.4 is 0 Å². The van der Waals surface area contributed by atoms with E-state index in [1.807, 2.05) is 0 Å². The van der Waals surface area contributed by atoms with Crippen molar-refractivity contribution in [1.82, 2.24) is 19.8 Å². The highest BCUT2D eigenvalue weighted by atomic mass is 15.2. The average molecular weight is 284 g/mol. The summed E-state index contributed by atoms with van der Waals surface area (Å²) in [6.07, 6.45) is 3.89. The molecule has 3 heterocycles. The molecule has 0 amide bonds. The molecule has 112 valence electrons. The quantitative estimate of drug-likeness (QED) is 0.920. The minimum absolute atomic E-state index is 0.581. The number of H-pyrrole nitrogens is 1. The summed E-state index contributed by atoms with van der Waals surface area (Å²) < 4.78 is 0. The minimum Gasteiger partial charge on any atom is -0.342 e. The molecule has 0 aliphatic carbocycles. The van der Waals surface area contributed by atoms with Crippen molar-refractivity contribution in [1.29, 1.82) is 0 Å². The van der Waals surface area contributed by atoms with Crippen LogP contribution in [-0.4, -0.2) is 59.0 Å². The largest absolute Gasteiger partial charge is 0.342 e. The van der Waals surface area contributed by atoms with Gasteiger partial charge in [0.1, 0.15) is 5.82 Å². The Labute approximate surface area is 126 Å². The topological polar surface area (TPSA) is 35.2 Å². The summed E-state index contributed by atoms with van der Waals surface area (Å²) in [4.78, 5) is 13.5. The summed E-state index contributed by atoms with van der Waals surface area (Å²) in [5, 5.41) is 0. The fourth-order valence-electron chi connectivity index (χ4n) is 3.87. The summed E-state index contributed by atoms with van der Waals surface area (Å²) >= 11 is 0. The van der Waals surface area contributed by atoms with Gasteiger partial charge in [-0.2, -0.15) is 0 Å². The summed E-state index contributed by atoms with van der Waals surface area (Å²) in [7, 11) is 2.23. The number of nitrogens with one attached hydrogen (secondary N) is 1. The van der Waals surface area contributed by atoms with Crippen molar-refractivity contribution in [2.24, 2.45) is 0 Å².